The first-order chi connectivity index (χ1) is 6.02. The maximum absolute atomic E-state index is 11.4. The molecule has 1 aliphatic rings. The largest absolute Gasteiger partial charge is 0.481 e. The van der Waals surface area contributed by atoms with Crippen molar-refractivity contribution < 1.29 is 18.3 Å². The molecule has 1 atom stereocenters. The summed E-state index contributed by atoms with van der Waals surface area (Å²) in [5.41, 5.74) is 0. The summed E-state index contributed by atoms with van der Waals surface area (Å²) >= 11 is 0. The summed E-state index contributed by atoms with van der Waals surface area (Å²) in [6.07, 6.45) is 0.135. The molecule has 0 aromatic carbocycles. The van der Waals surface area contributed by atoms with Gasteiger partial charge in [0.15, 0.2) is 9.84 Å². The summed E-state index contributed by atoms with van der Waals surface area (Å²) in [7, 11) is -3.05. The molecule has 0 aromatic heterocycles. The SMILES string of the molecule is O=C(O)CCC1CNCCS1(=O)=O. The highest BCUT2D eigenvalue weighted by atomic mass is 32.2. The molecule has 0 bridgehead atoms. The average molecular weight is 207 g/mol. The number of carboxylic acid groups (broad SMARTS) is 1. The van der Waals surface area contributed by atoms with Crippen molar-refractivity contribution in [2.24, 2.45) is 0 Å². The van der Waals surface area contributed by atoms with Crippen LogP contribution in [0.25, 0.3) is 0 Å². The summed E-state index contributed by atoms with van der Waals surface area (Å²) in [5.74, 6) is -0.821. The van der Waals surface area contributed by atoms with Crippen LogP contribution in [-0.4, -0.2) is 43.6 Å². The maximum atomic E-state index is 11.4. The van der Waals surface area contributed by atoms with E-state index < -0.39 is 21.1 Å². The second-order valence-corrected chi connectivity index (χ2v) is 5.53. The van der Waals surface area contributed by atoms with Crippen molar-refractivity contribution >= 4 is 15.8 Å². The zero-order valence-corrected chi connectivity index (χ0v) is 8.01. The van der Waals surface area contributed by atoms with Gasteiger partial charge in [-0.05, 0) is 6.42 Å². The molecule has 0 aliphatic carbocycles. The molecule has 1 heterocycles. The molecule has 76 valence electrons. The molecule has 0 aromatic rings. The normalized spacial score (nSPS) is 26.9. The summed E-state index contributed by atoms with van der Waals surface area (Å²) in [6, 6.07) is 0. The van der Waals surface area contributed by atoms with Gasteiger partial charge in [-0.25, -0.2) is 8.42 Å². The minimum atomic E-state index is -3.05. The van der Waals surface area contributed by atoms with Gasteiger partial charge in [-0.2, -0.15) is 0 Å². The fourth-order valence-corrected chi connectivity index (χ4v) is 2.95. The first-order valence-corrected chi connectivity index (χ1v) is 5.88. The first kappa shape index (κ1) is 10.5. The predicted molar refractivity (Wildman–Crippen MR) is 47.3 cm³/mol. The van der Waals surface area contributed by atoms with E-state index in [1.54, 1.807) is 0 Å². The van der Waals surface area contributed by atoms with Crippen molar-refractivity contribution in [2.45, 2.75) is 18.1 Å². The molecule has 0 amide bonds. The molecule has 0 saturated carbocycles. The zero-order chi connectivity index (χ0) is 9.90. The summed E-state index contributed by atoms with van der Waals surface area (Å²) < 4.78 is 22.7. The Kier molecular flexibility index (Phi) is 3.27. The van der Waals surface area contributed by atoms with Crippen LogP contribution in [0.5, 0.6) is 0 Å². The summed E-state index contributed by atoms with van der Waals surface area (Å²) in [4.78, 5) is 10.2. The number of carboxylic acids is 1. The smallest absolute Gasteiger partial charge is 0.303 e. The Labute approximate surface area is 77.1 Å². The van der Waals surface area contributed by atoms with Gasteiger partial charge in [-0.1, -0.05) is 0 Å². The number of rotatable bonds is 3. The molecular formula is C7H13NO4S. The van der Waals surface area contributed by atoms with Crippen molar-refractivity contribution in [3.05, 3.63) is 0 Å². The van der Waals surface area contributed by atoms with E-state index in [4.69, 9.17) is 5.11 Å². The Morgan fingerprint density at radius 1 is 1.54 bits per heavy atom. The second-order valence-electron chi connectivity index (χ2n) is 3.13. The van der Waals surface area contributed by atoms with Crippen LogP contribution in [0.4, 0.5) is 0 Å². The van der Waals surface area contributed by atoms with E-state index >= 15 is 0 Å². The Morgan fingerprint density at radius 2 is 2.23 bits per heavy atom. The third-order valence-electron chi connectivity index (χ3n) is 2.12. The molecule has 6 heteroatoms. The van der Waals surface area contributed by atoms with E-state index in [9.17, 15) is 13.2 Å². The third kappa shape index (κ3) is 2.96. The summed E-state index contributed by atoms with van der Waals surface area (Å²) in [6.45, 7) is 0.863. The van der Waals surface area contributed by atoms with Gasteiger partial charge in [0.25, 0.3) is 0 Å². The highest BCUT2D eigenvalue weighted by molar-refractivity contribution is 7.92. The van der Waals surface area contributed by atoms with Crippen molar-refractivity contribution in [2.75, 3.05) is 18.8 Å². The summed E-state index contributed by atoms with van der Waals surface area (Å²) in [5, 5.41) is 10.8. The van der Waals surface area contributed by atoms with Crippen LogP contribution in [0.3, 0.4) is 0 Å². The molecule has 1 fully saturated rings. The zero-order valence-electron chi connectivity index (χ0n) is 7.19. The van der Waals surface area contributed by atoms with Gasteiger partial charge in [0, 0.05) is 19.5 Å². The Morgan fingerprint density at radius 3 is 2.77 bits per heavy atom. The molecule has 1 unspecified atom stereocenters. The van der Waals surface area contributed by atoms with Gasteiger partial charge in [-0.3, -0.25) is 4.79 Å². The fourth-order valence-electron chi connectivity index (χ4n) is 1.34. The third-order valence-corrected chi connectivity index (χ3v) is 4.31. The lowest BCUT2D eigenvalue weighted by Gasteiger charge is -2.22. The molecule has 0 radical (unpaired) electrons. The van der Waals surface area contributed by atoms with Crippen molar-refractivity contribution in [3.8, 4) is 0 Å². The van der Waals surface area contributed by atoms with Crippen LogP contribution in [-0.2, 0) is 14.6 Å². The van der Waals surface area contributed by atoms with E-state index in [0.717, 1.165) is 0 Å². The second kappa shape index (κ2) is 4.06. The van der Waals surface area contributed by atoms with Gasteiger partial charge in [0.1, 0.15) is 0 Å². The number of aliphatic carboxylic acids is 1. The fraction of sp³-hybridized carbons (Fsp3) is 0.857. The monoisotopic (exact) mass is 207 g/mol. The van der Waals surface area contributed by atoms with Crippen molar-refractivity contribution in [1.82, 2.24) is 5.32 Å². The molecule has 1 aliphatic heterocycles. The Balaban J connectivity index is 2.52. The van der Waals surface area contributed by atoms with E-state index in [0.29, 0.717) is 13.1 Å². The van der Waals surface area contributed by atoms with Gasteiger partial charge >= 0.3 is 5.97 Å². The number of nitrogens with one attached hydrogen (secondary N) is 1. The molecule has 2 N–H and O–H groups in total. The van der Waals surface area contributed by atoms with Gasteiger partial charge < -0.3 is 10.4 Å². The lowest BCUT2D eigenvalue weighted by atomic mass is 10.2. The number of hydrogen-bond acceptors (Lipinski definition) is 4. The quantitative estimate of drug-likeness (QED) is 0.635. The lowest BCUT2D eigenvalue weighted by molar-refractivity contribution is -0.137. The lowest BCUT2D eigenvalue weighted by Crippen LogP contribution is -2.44. The van der Waals surface area contributed by atoms with Crippen LogP contribution < -0.4 is 5.32 Å². The molecule has 1 rings (SSSR count). The van der Waals surface area contributed by atoms with Gasteiger partial charge in [-0.15, -0.1) is 0 Å². The van der Waals surface area contributed by atoms with Crippen molar-refractivity contribution in [3.63, 3.8) is 0 Å². The number of carbonyl (C=O) groups is 1. The van der Waals surface area contributed by atoms with E-state index in [1.807, 2.05) is 0 Å². The maximum Gasteiger partial charge on any atom is 0.303 e. The van der Waals surface area contributed by atoms with E-state index in [1.165, 1.54) is 0 Å². The van der Waals surface area contributed by atoms with Crippen LogP contribution in [0.1, 0.15) is 12.8 Å². The minimum absolute atomic E-state index is 0.0778. The van der Waals surface area contributed by atoms with Crippen LogP contribution in [0.15, 0.2) is 0 Å². The van der Waals surface area contributed by atoms with E-state index in [2.05, 4.69) is 5.32 Å². The molecular weight excluding hydrogens is 194 g/mol. The molecule has 13 heavy (non-hydrogen) atoms. The van der Waals surface area contributed by atoms with Gasteiger partial charge in [0.2, 0.25) is 0 Å². The topological polar surface area (TPSA) is 83.5 Å². The van der Waals surface area contributed by atoms with Crippen LogP contribution in [0, 0.1) is 0 Å². The van der Waals surface area contributed by atoms with E-state index in [-0.39, 0.29) is 18.6 Å². The standard InChI is InChI=1S/C7H13NO4S/c9-7(10)2-1-6-5-8-3-4-13(6,11)12/h6,8H,1-5H2,(H,9,10). The minimum Gasteiger partial charge on any atom is -0.481 e. The van der Waals surface area contributed by atoms with Crippen LogP contribution >= 0.6 is 0 Å². The Hall–Kier alpha value is -0.620. The number of hydrogen-bond donors (Lipinski definition) is 2. The molecule has 0 spiro atoms. The molecule has 5 nitrogen and oxygen atoms in total. The predicted octanol–water partition coefficient (Wildman–Crippen LogP) is -0.762. The number of sulfone groups is 1. The highest BCUT2D eigenvalue weighted by Gasteiger charge is 2.28. The van der Waals surface area contributed by atoms with Gasteiger partial charge in [0.05, 0.1) is 11.0 Å². The first-order valence-electron chi connectivity index (χ1n) is 4.16. The molecule has 1 saturated heterocycles. The Bertz CT molecular complexity index is 285. The van der Waals surface area contributed by atoms with Crippen LogP contribution in [0.2, 0.25) is 0 Å². The van der Waals surface area contributed by atoms with Crippen molar-refractivity contribution in [1.29, 1.82) is 0 Å². The average Bonchev–Trinajstić information content (AvgIpc) is 2.01. The highest BCUT2D eigenvalue weighted by Crippen LogP contribution is 2.11.